The number of halogens is 3. The zero-order chi connectivity index (χ0) is 21.8. The van der Waals surface area contributed by atoms with Crippen LogP contribution in [0, 0.1) is 5.92 Å². The number of nitrogens with one attached hydrogen (secondary N) is 2. The fourth-order valence-electron chi connectivity index (χ4n) is 3.95. The third-order valence-electron chi connectivity index (χ3n) is 5.54. The van der Waals surface area contributed by atoms with Gasteiger partial charge in [-0.1, -0.05) is 30.7 Å². The first-order chi connectivity index (χ1) is 14.9. The smallest absolute Gasteiger partial charge is 0.351 e. The summed E-state index contributed by atoms with van der Waals surface area (Å²) in [5.74, 6) is -0.160. The largest absolute Gasteiger partial charge is 0.416 e. The molecule has 2 heterocycles. The van der Waals surface area contributed by atoms with Crippen LogP contribution < -0.4 is 10.6 Å². The first-order valence-electron chi connectivity index (χ1n) is 10.2. The zero-order valence-electron chi connectivity index (χ0n) is 16.7. The average Bonchev–Trinajstić information content (AvgIpc) is 3.51. The molecule has 164 valence electrons. The van der Waals surface area contributed by atoms with Gasteiger partial charge in [0.1, 0.15) is 0 Å². The maximum atomic E-state index is 12.9. The van der Waals surface area contributed by atoms with Crippen molar-refractivity contribution in [2.75, 3.05) is 0 Å². The Morgan fingerprint density at radius 3 is 2.68 bits per heavy atom. The number of amides is 1. The van der Waals surface area contributed by atoms with E-state index in [1.54, 1.807) is 28.7 Å². The third-order valence-corrected chi connectivity index (χ3v) is 7.69. The van der Waals surface area contributed by atoms with E-state index in [-0.39, 0.29) is 17.9 Å². The van der Waals surface area contributed by atoms with Crippen molar-refractivity contribution < 1.29 is 18.0 Å². The number of carbonyl (C=O) groups excluding carboxylic acids is 1. The van der Waals surface area contributed by atoms with Crippen molar-refractivity contribution in [2.45, 2.75) is 44.6 Å². The van der Waals surface area contributed by atoms with Crippen LogP contribution in [0.5, 0.6) is 0 Å². The molecule has 0 spiro atoms. The molecule has 2 N–H and O–H groups in total. The van der Waals surface area contributed by atoms with Crippen molar-refractivity contribution in [1.29, 1.82) is 0 Å². The van der Waals surface area contributed by atoms with Gasteiger partial charge < -0.3 is 10.6 Å². The van der Waals surface area contributed by atoms with E-state index in [9.17, 15) is 18.0 Å². The summed E-state index contributed by atoms with van der Waals surface area (Å²) in [6, 6.07) is 13.5. The molecule has 8 heteroatoms. The topological polar surface area (TPSA) is 41.1 Å². The van der Waals surface area contributed by atoms with E-state index in [0.29, 0.717) is 18.7 Å². The van der Waals surface area contributed by atoms with E-state index >= 15 is 0 Å². The van der Waals surface area contributed by atoms with Gasteiger partial charge in [-0.3, -0.25) is 4.79 Å². The molecule has 0 radical (unpaired) electrons. The van der Waals surface area contributed by atoms with Crippen LogP contribution >= 0.6 is 22.7 Å². The lowest BCUT2D eigenvalue weighted by Gasteiger charge is -2.21. The summed E-state index contributed by atoms with van der Waals surface area (Å²) in [5, 5.41) is 8.39. The molecule has 1 aromatic carbocycles. The van der Waals surface area contributed by atoms with Gasteiger partial charge in [-0.25, -0.2) is 0 Å². The minimum absolute atomic E-state index is 0.00474. The van der Waals surface area contributed by atoms with Gasteiger partial charge in [-0.2, -0.15) is 13.2 Å². The lowest BCUT2D eigenvalue weighted by molar-refractivity contribution is -0.137. The van der Waals surface area contributed by atoms with E-state index in [2.05, 4.69) is 22.8 Å². The Morgan fingerprint density at radius 1 is 1.03 bits per heavy atom. The molecular weight excluding hydrogens is 441 g/mol. The van der Waals surface area contributed by atoms with Crippen molar-refractivity contribution in [3.8, 4) is 9.75 Å². The fourth-order valence-corrected chi connectivity index (χ4v) is 5.74. The maximum Gasteiger partial charge on any atom is 0.416 e. The summed E-state index contributed by atoms with van der Waals surface area (Å²) in [5.41, 5.74) is -0.0778. The summed E-state index contributed by atoms with van der Waals surface area (Å²) < 4.78 is 38.7. The van der Waals surface area contributed by atoms with Gasteiger partial charge in [0.2, 0.25) is 5.91 Å². The van der Waals surface area contributed by atoms with Crippen LogP contribution in [-0.2, 0) is 24.1 Å². The van der Waals surface area contributed by atoms with Gasteiger partial charge in [-0.15, -0.1) is 22.7 Å². The molecule has 1 saturated carbocycles. The second kappa shape index (κ2) is 9.54. The standard InChI is InChI=1S/C23H23F3N2OS2/c24-23(25,26)16-5-1-4-15(12-16)13-27-19-7-2-6-18(19)22(29)28-14-17-9-10-21(31-17)20-8-3-11-30-20/h1,3-5,8-12,18-19,27H,2,6-7,13-14H2,(H,28,29). The lowest BCUT2D eigenvalue weighted by atomic mass is 10.0. The number of rotatable bonds is 7. The van der Waals surface area contributed by atoms with E-state index in [1.165, 1.54) is 21.9 Å². The van der Waals surface area contributed by atoms with Crippen LogP contribution in [0.2, 0.25) is 0 Å². The van der Waals surface area contributed by atoms with Crippen molar-refractivity contribution in [3.63, 3.8) is 0 Å². The van der Waals surface area contributed by atoms with Gasteiger partial charge in [0, 0.05) is 27.2 Å². The predicted molar refractivity (Wildman–Crippen MR) is 119 cm³/mol. The molecule has 1 aliphatic rings. The van der Waals surface area contributed by atoms with Gasteiger partial charge in [0.05, 0.1) is 18.0 Å². The molecule has 2 unspecified atom stereocenters. The van der Waals surface area contributed by atoms with Gasteiger partial charge >= 0.3 is 6.18 Å². The third kappa shape index (κ3) is 5.56. The Kier molecular flexibility index (Phi) is 6.79. The van der Waals surface area contributed by atoms with Crippen LogP contribution in [-0.4, -0.2) is 11.9 Å². The summed E-state index contributed by atoms with van der Waals surface area (Å²) in [6.07, 6.45) is -1.79. The molecule has 3 nitrogen and oxygen atoms in total. The Hall–Kier alpha value is -2.16. The van der Waals surface area contributed by atoms with Crippen molar-refractivity contribution in [3.05, 3.63) is 69.9 Å². The first-order valence-corrected chi connectivity index (χ1v) is 11.9. The number of hydrogen-bond donors (Lipinski definition) is 2. The zero-order valence-corrected chi connectivity index (χ0v) is 18.4. The normalized spacial score (nSPS) is 18.9. The minimum Gasteiger partial charge on any atom is -0.351 e. The Labute approximate surface area is 187 Å². The van der Waals surface area contributed by atoms with Crippen LogP contribution in [0.1, 0.15) is 35.3 Å². The van der Waals surface area contributed by atoms with Crippen LogP contribution in [0.15, 0.2) is 53.9 Å². The maximum absolute atomic E-state index is 12.9. The monoisotopic (exact) mass is 464 g/mol. The van der Waals surface area contributed by atoms with Crippen LogP contribution in [0.4, 0.5) is 13.2 Å². The summed E-state index contributed by atoms with van der Waals surface area (Å²) in [6.45, 7) is 0.805. The highest BCUT2D eigenvalue weighted by atomic mass is 32.1. The molecule has 0 saturated heterocycles. The summed E-state index contributed by atoms with van der Waals surface area (Å²) >= 11 is 3.37. The van der Waals surface area contributed by atoms with E-state index in [0.717, 1.165) is 30.2 Å². The Bertz CT molecular complexity index is 1010. The number of hydrogen-bond acceptors (Lipinski definition) is 4. The van der Waals surface area contributed by atoms with Crippen molar-refractivity contribution in [1.82, 2.24) is 10.6 Å². The van der Waals surface area contributed by atoms with Gasteiger partial charge in [-0.05, 0) is 48.1 Å². The molecule has 2 atom stereocenters. The van der Waals surface area contributed by atoms with Crippen molar-refractivity contribution in [2.24, 2.45) is 5.92 Å². The van der Waals surface area contributed by atoms with E-state index < -0.39 is 11.7 Å². The molecule has 0 bridgehead atoms. The van der Waals surface area contributed by atoms with Crippen molar-refractivity contribution >= 4 is 28.6 Å². The number of carbonyl (C=O) groups is 1. The number of alkyl halides is 3. The first kappa shape index (κ1) is 22.0. The number of thiophene rings is 2. The second-order valence-electron chi connectivity index (χ2n) is 7.68. The van der Waals surface area contributed by atoms with E-state index in [4.69, 9.17) is 0 Å². The quantitative estimate of drug-likeness (QED) is 0.446. The molecule has 31 heavy (non-hydrogen) atoms. The Balaban J connectivity index is 1.30. The molecule has 4 rings (SSSR count). The summed E-state index contributed by atoms with van der Waals surface area (Å²) in [4.78, 5) is 16.3. The number of benzene rings is 1. The molecule has 2 aromatic heterocycles. The molecular formula is C23H23F3N2OS2. The highest BCUT2D eigenvalue weighted by molar-refractivity contribution is 7.21. The van der Waals surface area contributed by atoms with Crippen LogP contribution in [0.25, 0.3) is 9.75 Å². The molecule has 3 aromatic rings. The highest BCUT2D eigenvalue weighted by Crippen LogP contribution is 2.32. The molecule has 0 aliphatic heterocycles. The molecule has 1 aliphatic carbocycles. The van der Waals surface area contributed by atoms with Gasteiger partial charge in [0.15, 0.2) is 0 Å². The fraction of sp³-hybridized carbons (Fsp3) is 0.348. The Morgan fingerprint density at radius 2 is 1.90 bits per heavy atom. The van der Waals surface area contributed by atoms with Crippen LogP contribution in [0.3, 0.4) is 0 Å². The predicted octanol–water partition coefficient (Wildman–Crippen LogP) is 6.07. The molecule has 1 amide bonds. The SMILES string of the molecule is O=C(NCc1ccc(-c2cccs2)s1)C1CCCC1NCc1cccc(C(F)(F)F)c1. The van der Waals surface area contributed by atoms with E-state index in [1.807, 2.05) is 17.5 Å². The minimum atomic E-state index is -4.35. The summed E-state index contributed by atoms with van der Waals surface area (Å²) in [7, 11) is 0. The average molecular weight is 465 g/mol. The lowest BCUT2D eigenvalue weighted by Crippen LogP contribution is -2.41. The highest BCUT2D eigenvalue weighted by Gasteiger charge is 2.33. The molecule has 1 fully saturated rings. The second-order valence-corrected chi connectivity index (χ2v) is 9.80. The van der Waals surface area contributed by atoms with Gasteiger partial charge in [0.25, 0.3) is 0 Å².